The number of thiophene rings is 1. The van der Waals surface area contributed by atoms with E-state index in [0.29, 0.717) is 24.2 Å². The molecule has 1 aliphatic heterocycles. The third-order valence-electron chi connectivity index (χ3n) is 4.22. The van der Waals surface area contributed by atoms with E-state index in [-0.39, 0.29) is 17.3 Å². The molecule has 0 aliphatic carbocycles. The van der Waals surface area contributed by atoms with E-state index < -0.39 is 0 Å². The van der Waals surface area contributed by atoms with E-state index in [2.05, 4.69) is 23.8 Å². The number of fused-ring (bicyclic) bond motifs is 3. The van der Waals surface area contributed by atoms with Crippen molar-refractivity contribution >= 4 is 45.1 Å². The van der Waals surface area contributed by atoms with E-state index in [1.807, 2.05) is 0 Å². The Morgan fingerprint density at radius 3 is 2.96 bits per heavy atom. The van der Waals surface area contributed by atoms with Crippen molar-refractivity contribution in [2.45, 2.75) is 51.0 Å². The number of nitrogens with two attached hydrogens (primary N) is 1. The Morgan fingerprint density at radius 1 is 1.46 bits per heavy atom. The molecular weight excluding hydrogens is 346 g/mol. The monoisotopic (exact) mass is 367 g/mol. The van der Waals surface area contributed by atoms with Crippen LogP contribution in [0.4, 0.5) is 5.82 Å². The largest absolute Gasteiger partial charge is 0.465 e. The van der Waals surface area contributed by atoms with E-state index in [0.717, 1.165) is 23.1 Å². The first-order valence-corrected chi connectivity index (χ1v) is 9.76. The lowest BCUT2D eigenvalue weighted by molar-refractivity contribution is -0.139. The number of nitrogen functional groups attached to an aromatic ring is 1. The van der Waals surface area contributed by atoms with Gasteiger partial charge in [-0.05, 0) is 25.8 Å². The first-order chi connectivity index (χ1) is 11.5. The number of hydrogen-bond donors (Lipinski definition) is 1. The highest BCUT2D eigenvalue weighted by molar-refractivity contribution is 7.99. The van der Waals surface area contributed by atoms with Gasteiger partial charge in [-0.25, -0.2) is 9.97 Å². The zero-order chi connectivity index (χ0) is 17.3. The first kappa shape index (κ1) is 17.4. The third-order valence-corrected chi connectivity index (χ3v) is 6.14. The lowest BCUT2D eigenvalue weighted by Crippen LogP contribution is -2.33. The summed E-state index contributed by atoms with van der Waals surface area (Å²) in [5.74, 6) is 0.382. The van der Waals surface area contributed by atoms with Crippen molar-refractivity contribution < 1.29 is 14.3 Å². The molecule has 2 aromatic rings. The molecule has 130 valence electrons. The maximum Gasteiger partial charge on any atom is 0.316 e. The summed E-state index contributed by atoms with van der Waals surface area (Å²) in [6.45, 7) is 7.00. The molecule has 8 heteroatoms. The van der Waals surface area contributed by atoms with Crippen LogP contribution >= 0.6 is 23.1 Å². The van der Waals surface area contributed by atoms with Crippen LogP contribution < -0.4 is 5.73 Å². The van der Waals surface area contributed by atoms with Crippen molar-refractivity contribution in [2.75, 3.05) is 18.1 Å². The first-order valence-electron chi connectivity index (χ1n) is 7.96. The minimum Gasteiger partial charge on any atom is -0.465 e. The van der Waals surface area contributed by atoms with Gasteiger partial charge in [-0.2, -0.15) is 0 Å². The molecule has 0 fully saturated rings. The summed E-state index contributed by atoms with van der Waals surface area (Å²) in [6.07, 6.45) is 1.76. The van der Waals surface area contributed by atoms with Gasteiger partial charge in [0.2, 0.25) is 0 Å². The number of rotatable bonds is 5. The van der Waals surface area contributed by atoms with Crippen molar-refractivity contribution in [3.05, 3.63) is 10.4 Å². The SMILES string of the molecule is CCOC(=O)CSc1nc(N)c2c3c(sc2n1)CO[C@](C)(CC)C3. The van der Waals surface area contributed by atoms with Gasteiger partial charge >= 0.3 is 5.97 Å². The molecule has 2 aromatic heterocycles. The number of carbonyl (C=O) groups is 1. The number of aromatic nitrogens is 2. The molecular formula is C16H21N3O3S2. The zero-order valence-electron chi connectivity index (χ0n) is 14.0. The van der Waals surface area contributed by atoms with Crippen LogP contribution in [0.15, 0.2) is 5.16 Å². The molecule has 6 nitrogen and oxygen atoms in total. The molecule has 3 heterocycles. The van der Waals surface area contributed by atoms with Gasteiger partial charge < -0.3 is 15.2 Å². The lowest BCUT2D eigenvalue weighted by atomic mass is 9.90. The van der Waals surface area contributed by atoms with Gasteiger partial charge in [-0.1, -0.05) is 18.7 Å². The second-order valence-electron chi connectivity index (χ2n) is 5.94. The Bertz CT molecular complexity index is 778. The molecule has 0 spiro atoms. The number of esters is 1. The second kappa shape index (κ2) is 6.85. The molecule has 0 amide bonds. The highest BCUT2D eigenvalue weighted by atomic mass is 32.2. The van der Waals surface area contributed by atoms with Crippen LogP contribution in [0, 0.1) is 0 Å². The van der Waals surface area contributed by atoms with E-state index in [1.165, 1.54) is 22.2 Å². The number of carbonyl (C=O) groups excluding carboxylic acids is 1. The number of anilines is 1. The summed E-state index contributed by atoms with van der Waals surface area (Å²) < 4.78 is 10.9. The van der Waals surface area contributed by atoms with Crippen molar-refractivity contribution in [1.29, 1.82) is 0 Å². The van der Waals surface area contributed by atoms with Crippen LogP contribution in [0.3, 0.4) is 0 Å². The predicted molar refractivity (Wildman–Crippen MR) is 96.4 cm³/mol. The summed E-state index contributed by atoms with van der Waals surface area (Å²) in [5.41, 5.74) is 7.26. The zero-order valence-corrected chi connectivity index (χ0v) is 15.7. The maximum absolute atomic E-state index is 11.5. The normalized spacial score (nSPS) is 20.1. The van der Waals surface area contributed by atoms with E-state index in [4.69, 9.17) is 15.2 Å². The Morgan fingerprint density at radius 2 is 2.25 bits per heavy atom. The van der Waals surface area contributed by atoms with Crippen molar-refractivity contribution in [2.24, 2.45) is 0 Å². The molecule has 2 N–H and O–H groups in total. The van der Waals surface area contributed by atoms with Crippen molar-refractivity contribution in [3.8, 4) is 0 Å². The van der Waals surface area contributed by atoms with E-state index in [9.17, 15) is 4.79 Å². The predicted octanol–water partition coefficient (Wildman–Crippen LogP) is 3.17. The number of thioether (sulfide) groups is 1. The quantitative estimate of drug-likeness (QED) is 0.493. The molecule has 1 aliphatic rings. The van der Waals surface area contributed by atoms with E-state index in [1.54, 1.807) is 18.3 Å². The van der Waals surface area contributed by atoms with Gasteiger partial charge in [0.1, 0.15) is 10.6 Å². The Balaban J connectivity index is 1.90. The molecule has 0 aromatic carbocycles. The topological polar surface area (TPSA) is 87.3 Å². The van der Waals surface area contributed by atoms with Crippen LogP contribution in [0.1, 0.15) is 37.6 Å². The molecule has 0 saturated carbocycles. The molecule has 0 saturated heterocycles. The fourth-order valence-electron chi connectivity index (χ4n) is 2.70. The van der Waals surface area contributed by atoms with Gasteiger partial charge in [-0.3, -0.25) is 4.79 Å². The van der Waals surface area contributed by atoms with E-state index >= 15 is 0 Å². The smallest absolute Gasteiger partial charge is 0.316 e. The van der Waals surface area contributed by atoms with Crippen LogP contribution in [0.2, 0.25) is 0 Å². The fraction of sp³-hybridized carbons (Fsp3) is 0.562. The van der Waals surface area contributed by atoms with Crippen molar-refractivity contribution in [1.82, 2.24) is 9.97 Å². The van der Waals surface area contributed by atoms with Crippen molar-refractivity contribution in [3.63, 3.8) is 0 Å². The molecule has 0 unspecified atom stereocenters. The maximum atomic E-state index is 11.5. The molecule has 3 rings (SSSR count). The highest BCUT2D eigenvalue weighted by Gasteiger charge is 2.33. The Kier molecular flexibility index (Phi) is 4.98. The molecule has 24 heavy (non-hydrogen) atoms. The summed E-state index contributed by atoms with van der Waals surface area (Å²) in [4.78, 5) is 22.5. The third kappa shape index (κ3) is 3.36. The fourth-order valence-corrected chi connectivity index (χ4v) is 4.51. The molecule has 1 atom stereocenters. The summed E-state index contributed by atoms with van der Waals surface area (Å²) in [7, 11) is 0. The Hall–Kier alpha value is -1.38. The van der Waals surface area contributed by atoms with Crippen LogP contribution in [-0.2, 0) is 27.3 Å². The average molecular weight is 367 g/mol. The lowest BCUT2D eigenvalue weighted by Gasteiger charge is -2.33. The summed E-state index contributed by atoms with van der Waals surface area (Å²) >= 11 is 2.84. The van der Waals surface area contributed by atoms with Crippen LogP contribution in [0.25, 0.3) is 10.2 Å². The summed E-state index contributed by atoms with van der Waals surface area (Å²) in [5, 5.41) is 1.45. The van der Waals surface area contributed by atoms with Gasteiger partial charge in [0.05, 0.1) is 30.0 Å². The number of nitrogens with zero attached hydrogens (tertiary/aromatic N) is 2. The second-order valence-corrected chi connectivity index (χ2v) is 7.96. The summed E-state index contributed by atoms with van der Waals surface area (Å²) in [6, 6.07) is 0. The minimum absolute atomic E-state index is 0.162. The van der Waals surface area contributed by atoms with Gasteiger partial charge in [0.25, 0.3) is 0 Å². The standard InChI is InChI=1S/C16H21N3O3S2/c1-4-16(3)6-9-10(7-22-16)24-14-12(9)13(17)18-15(19-14)23-8-11(20)21-5-2/h4-8H2,1-3H3,(H2,17,18,19)/t16-/m1/s1. The van der Waals surface area contributed by atoms with Gasteiger partial charge in [0, 0.05) is 11.3 Å². The number of ether oxygens (including phenoxy) is 2. The van der Waals surface area contributed by atoms with Gasteiger partial charge in [0.15, 0.2) is 5.16 Å². The molecule has 0 bridgehead atoms. The van der Waals surface area contributed by atoms with Crippen LogP contribution in [-0.4, -0.2) is 33.9 Å². The van der Waals surface area contributed by atoms with Gasteiger partial charge in [-0.15, -0.1) is 11.3 Å². The van der Waals surface area contributed by atoms with Crippen LogP contribution in [0.5, 0.6) is 0 Å². The Labute approximate surface area is 149 Å². The number of hydrogen-bond acceptors (Lipinski definition) is 8. The average Bonchev–Trinajstić information content (AvgIpc) is 2.91. The minimum atomic E-state index is -0.276. The molecule has 0 radical (unpaired) electrons. The highest BCUT2D eigenvalue weighted by Crippen LogP contribution is 2.41.